The van der Waals surface area contributed by atoms with Crippen LogP contribution in [0.1, 0.15) is 19.8 Å². The first kappa shape index (κ1) is 19.0. The number of nitrogens with one attached hydrogen (secondary N) is 1. The molecule has 0 aliphatic carbocycles. The van der Waals surface area contributed by atoms with Crippen molar-refractivity contribution in [2.75, 3.05) is 36.5 Å². The number of aromatic nitrogens is 3. The smallest absolute Gasteiger partial charge is 0.246 e. The maximum Gasteiger partial charge on any atom is 0.246 e. The summed E-state index contributed by atoms with van der Waals surface area (Å²) in [6, 6.07) is 9.55. The van der Waals surface area contributed by atoms with Gasteiger partial charge in [-0.25, -0.2) is 13.5 Å². The number of halogens is 2. The number of aryl methyl sites for hydroxylation is 1. The zero-order valence-corrected chi connectivity index (χ0v) is 16.7. The van der Waals surface area contributed by atoms with Gasteiger partial charge in [-0.2, -0.15) is 4.98 Å². The van der Waals surface area contributed by atoms with Crippen LogP contribution in [-0.4, -0.2) is 41.1 Å². The van der Waals surface area contributed by atoms with Crippen molar-refractivity contribution < 1.29 is 14.9 Å². The van der Waals surface area contributed by atoms with Gasteiger partial charge in [0.05, 0.1) is 18.9 Å². The van der Waals surface area contributed by atoms with E-state index in [-0.39, 0.29) is 7.11 Å². The maximum absolute atomic E-state index is 13.5. The Morgan fingerprint density at radius 2 is 1.73 bits per heavy atom. The van der Waals surface area contributed by atoms with E-state index in [9.17, 15) is 8.78 Å². The third-order valence-electron chi connectivity index (χ3n) is 5.93. The number of rotatable bonds is 4. The summed E-state index contributed by atoms with van der Waals surface area (Å²) in [6.45, 7) is 5.88. The van der Waals surface area contributed by atoms with Gasteiger partial charge in [0, 0.05) is 37.4 Å². The fourth-order valence-electron chi connectivity index (χ4n) is 4.18. The van der Waals surface area contributed by atoms with Gasteiger partial charge in [-0.15, -0.1) is 5.10 Å². The molecule has 5 rings (SSSR count). The highest BCUT2D eigenvalue weighted by molar-refractivity contribution is 5.64. The van der Waals surface area contributed by atoms with Gasteiger partial charge in [0.1, 0.15) is 18.0 Å². The largest absolute Gasteiger partial charge is 0.380 e. The summed E-state index contributed by atoms with van der Waals surface area (Å²) in [5, 5.41) is 7.51. The van der Waals surface area contributed by atoms with E-state index in [1.54, 1.807) is 0 Å². The molecule has 3 heterocycles. The third-order valence-corrected chi connectivity index (χ3v) is 5.93. The molecule has 30 heavy (non-hydrogen) atoms. The number of hydrogen-bond donors (Lipinski definition) is 1. The lowest BCUT2D eigenvalue weighted by Gasteiger charge is -2.47. The highest BCUT2D eigenvalue weighted by Crippen LogP contribution is 2.40. The van der Waals surface area contributed by atoms with Crippen LogP contribution in [0.15, 0.2) is 42.7 Å². The molecule has 2 aliphatic rings. The predicted molar refractivity (Wildman–Crippen MR) is 113 cm³/mol. The fraction of sp³-hybridized carbons (Fsp3) is 0.364. The summed E-state index contributed by atoms with van der Waals surface area (Å²) < 4.78 is 33.7. The van der Waals surface area contributed by atoms with E-state index in [0.717, 1.165) is 56.5 Å². The Balaban J connectivity index is 0.00000231. The maximum atomic E-state index is 13.5. The van der Waals surface area contributed by atoms with Crippen molar-refractivity contribution in [2.45, 2.75) is 19.8 Å². The number of anilines is 3. The van der Waals surface area contributed by atoms with Crippen molar-refractivity contribution in [1.82, 2.24) is 14.8 Å². The second-order valence-corrected chi connectivity index (χ2v) is 8.30. The SMILES string of the molecule is Cc1cc(Nc2ncn(-c3cc(F)cc(F)c3)n2)cc(N2CCC3(CC2)COC3)c1.[HH]. The number of nitrogens with zero attached hydrogens (tertiary/aromatic N) is 4. The van der Waals surface area contributed by atoms with Crippen molar-refractivity contribution in [3.05, 3.63) is 59.9 Å². The van der Waals surface area contributed by atoms with E-state index in [4.69, 9.17) is 4.74 Å². The first-order valence-corrected chi connectivity index (χ1v) is 10.1. The number of benzene rings is 2. The summed E-state index contributed by atoms with van der Waals surface area (Å²) in [7, 11) is 0. The molecule has 3 aromatic rings. The average Bonchev–Trinajstić information content (AvgIpc) is 3.14. The molecule has 0 atom stereocenters. The van der Waals surface area contributed by atoms with Crippen molar-refractivity contribution >= 4 is 17.3 Å². The molecule has 0 bridgehead atoms. The van der Waals surface area contributed by atoms with Crippen molar-refractivity contribution in [2.24, 2.45) is 5.41 Å². The molecule has 2 saturated heterocycles. The van der Waals surface area contributed by atoms with Gasteiger partial charge in [0.2, 0.25) is 5.95 Å². The van der Waals surface area contributed by atoms with Gasteiger partial charge in [-0.3, -0.25) is 0 Å². The Labute approximate surface area is 175 Å². The van der Waals surface area contributed by atoms with E-state index in [0.29, 0.717) is 11.4 Å². The van der Waals surface area contributed by atoms with Crippen LogP contribution >= 0.6 is 0 Å². The van der Waals surface area contributed by atoms with Crippen LogP contribution in [0.4, 0.5) is 26.1 Å². The van der Waals surface area contributed by atoms with Gasteiger partial charge < -0.3 is 15.0 Å². The normalized spacial score (nSPS) is 17.8. The molecule has 2 aliphatic heterocycles. The molecular weight excluding hydrogens is 388 g/mol. The molecule has 0 radical (unpaired) electrons. The Hall–Kier alpha value is -3.00. The zero-order chi connectivity index (χ0) is 20.7. The number of piperidine rings is 1. The average molecular weight is 413 g/mol. The molecule has 0 saturated carbocycles. The Morgan fingerprint density at radius 1 is 1.00 bits per heavy atom. The van der Waals surface area contributed by atoms with Gasteiger partial charge in [-0.05, 0) is 55.7 Å². The van der Waals surface area contributed by atoms with Gasteiger partial charge in [-0.1, -0.05) is 0 Å². The summed E-state index contributed by atoms with van der Waals surface area (Å²) in [5.41, 5.74) is 3.85. The Kier molecular flexibility index (Phi) is 4.66. The summed E-state index contributed by atoms with van der Waals surface area (Å²) in [4.78, 5) is 6.63. The topological polar surface area (TPSA) is 55.2 Å². The van der Waals surface area contributed by atoms with Crippen molar-refractivity contribution in [3.63, 3.8) is 0 Å². The minimum Gasteiger partial charge on any atom is -0.380 e. The first-order chi connectivity index (χ1) is 14.5. The van der Waals surface area contributed by atoms with E-state index in [1.165, 1.54) is 28.8 Å². The molecule has 1 N–H and O–H groups in total. The second-order valence-electron chi connectivity index (χ2n) is 8.30. The van der Waals surface area contributed by atoms with Crippen LogP contribution in [0.5, 0.6) is 0 Å². The predicted octanol–water partition coefficient (Wildman–Crippen LogP) is 4.46. The van der Waals surface area contributed by atoms with Gasteiger partial charge in [0.25, 0.3) is 0 Å². The molecule has 158 valence electrons. The zero-order valence-electron chi connectivity index (χ0n) is 16.7. The summed E-state index contributed by atoms with van der Waals surface area (Å²) in [6.07, 6.45) is 3.73. The van der Waals surface area contributed by atoms with Crippen molar-refractivity contribution in [3.8, 4) is 5.69 Å². The minimum absolute atomic E-state index is 0. The standard InChI is InChI=1S/C22H23F2N5O.H2/c1-15-6-18(11-19(7-15)28-4-2-22(3-5-28)12-30-13-22)26-21-25-14-29(27-21)20-9-16(23)8-17(24)10-20;/h6-11,14H,2-5,12-13H2,1H3,(H,26,27);1H. The van der Waals surface area contributed by atoms with Crippen LogP contribution in [0.2, 0.25) is 0 Å². The highest BCUT2D eigenvalue weighted by Gasteiger charge is 2.41. The molecule has 6 nitrogen and oxygen atoms in total. The van der Waals surface area contributed by atoms with Crippen LogP contribution in [-0.2, 0) is 4.74 Å². The highest BCUT2D eigenvalue weighted by atomic mass is 19.1. The monoisotopic (exact) mass is 413 g/mol. The quantitative estimate of drug-likeness (QED) is 0.684. The third kappa shape index (κ3) is 3.75. The molecule has 0 amide bonds. The fourth-order valence-corrected chi connectivity index (χ4v) is 4.18. The van der Waals surface area contributed by atoms with Gasteiger partial charge in [0.15, 0.2) is 0 Å². The molecule has 2 aromatic carbocycles. The molecule has 8 heteroatoms. The minimum atomic E-state index is -0.657. The van der Waals surface area contributed by atoms with E-state index < -0.39 is 11.6 Å². The van der Waals surface area contributed by atoms with Crippen LogP contribution in [0.25, 0.3) is 5.69 Å². The lowest BCUT2D eigenvalue weighted by molar-refractivity contribution is -0.124. The van der Waals surface area contributed by atoms with Crippen LogP contribution in [0.3, 0.4) is 0 Å². The van der Waals surface area contributed by atoms with E-state index >= 15 is 0 Å². The van der Waals surface area contributed by atoms with Crippen LogP contribution < -0.4 is 10.2 Å². The number of hydrogen-bond acceptors (Lipinski definition) is 5. The lowest BCUT2D eigenvalue weighted by atomic mass is 9.77. The molecule has 1 aromatic heterocycles. The van der Waals surface area contributed by atoms with Gasteiger partial charge >= 0.3 is 0 Å². The Bertz CT molecular complexity index is 1060. The summed E-state index contributed by atoms with van der Waals surface area (Å²) in [5.74, 6) is -0.953. The summed E-state index contributed by atoms with van der Waals surface area (Å²) >= 11 is 0. The molecular formula is C22H25F2N5O. The molecule has 2 fully saturated rings. The molecule has 1 spiro atoms. The van der Waals surface area contributed by atoms with E-state index in [2.05, 4.69) is 39.4 Å². The lowest BCUT2D eigenvalue weighted by Crippen LogP contribution is -2.50. The Morgan fingerprint density at radius 3 is 2.40 bits per heavy atom. The van der Waals surface area contributed by atoms with E-state index in [1.807, 2.05) is 6.07 Å². The number of ether oxygens (including phenoxy) is 1. The van der Waals surface area contributed by atoms with Crippen LogP contribution in [0, 0.1) is 24.0 Å². The molecule has 0 unspecified atom stereocenters. The first-order valence-electron chi connectivity index (χ1n) is 10.1. The van der Waals surface area contributed by atoms with Crippen molar-refractivity contribution in [1.29, 1.82) is 0 Å². The second kappa shape index (κ2) is 7.36.